The predicted octanol–water partition coefficient (Wildman–Crippen LogP) is 3.86. The SMILES string of the molecule is CCN(CC)C(=O)C1CC(F)(c2ccc(CN3CCCC3)c(F)c2)C1. The molecule has 25 heavy (non-hydrogen) atoms. The lowest BCUT2D eigenvalue weighted by Crippen LogP contribution is -2.47. The number of halogens is 2. The minimum absolute atomic E-state index is 0.0180. The highest BCUT2D eigenvalue weighted by molar-refractivity contribution is 5.80. The topological polar surface area (TPSA) is 23.6 Å². The van der Waals surface area contributed by atoms with Gasteiger partial charge in [0.05, 0.1) is 0 Å². The van der Waals surface area contributed by atoms with E-state index in [1.54, 1.807) is 17.0 Å². The summed E-state index contributed by atoms with van der Waals surface area (Å²) >= 11 is 0. The summed E-state index contributed by atoms with van der Waals surface area (Å²) in [6, 6.07) is 4.75. The van der Waals surface area contributed by atoms with Crippen molar-refractivity contribution in [2.75, 3.05) is 26.2 Å². The third kappa shape index (κ3) is 3.71. The normalized spacial score (nSPS) is 26.5. The zero-order valence-corrected chi connectivity index (χ0v) is 15.2. The summed E-state index contributed by atoms with van der Waals surface area (Å²) in [4.78, 5) is 16.3. The molecule has 0 atom stereocenters. The molecule has 1 aromatic rings. The van der Waals surface area contributed by atoms with Gasteiger partial charge in [0.25, 0.3) is 0 Å². The van der Waals surface area contributed by atoms with Crippen molar-refractivity contribution < 1.29 is 13.6 Å². The van der Waals surface area contributed by atoms with Gasteiger partial charge in [-0.3, -0.25) is 9.69 Å². The lowest BCUT2D eigenvalue weighted by Gasteiger charge is -2.42. The van der Waals surface area contributed by atoms with Gasteiger partial charge in [0, 0.05) is 31.1 Å². The van der Waals surface area contributed by atoms with Gasteiger partial charge < -0.3 is 4.90 Å². The van der Waals surface area contributed by atoms with Crippen molar-refractivity contribution in [3.8, 4) is 0 Å². The van der Waals surface area contributed by atoms with Gasteiger partial charge in [0.2, 0.25) is 5.91 Å². The molecule has 3 nitrogen and oxygen atoms in total. The van der Waals surface area contributed by atoms with Crippen LogP contribution in [0.25, 0.3) is 0 Å². The first kappa shape index (κ1) is 18.3. The summed E-state index contributed by atoms with van der Waals surface area (Å²) in [5, 5.41) is 0. The summed E-state index contributed by atoms with van der Waals surface area (Å²) in [7, 11) is 0. The molecule has 1 saturated heterocycles. The van der Waals surface area contributed by atoms with Crippen molar-refractivity contribution in [3.63, 3.8) is 0 Å². The Bertz CT molecular complexity index is 618. The van der Waals surface area contributed by atoms with Crippen LogP contribution in [0.3, 0.4) is 0 Å². The fraction of sp³-hybridized carbons (Fsp3) is 0.650. The Morgan fingerprint density at radius 1 is 1.24 bits per heavy atom. The third-order valence-electron chi connectivity index (χ3n) is 5.73. The molecule has 0 radical (unpaired) electrons. The molecule has 1 aliphatic carbocycles. The average molecular weight is 350 g/mol. The molecule has 1 aromatic carbocycles. The van der Waals surface area contributed by atoms with Crippen LogP contribution >= 0.6 is 0 Å². The smallest absolute Gasteiger partial charge is 0.225 e. The van der Waals surface area contributed by atoms with Crippen molar-refractivity contribution in [2.45, 2.75) is 51.7 Å². The van der Waals surface area contributed by atoms with Crippen LogP contribution in [0.4, 0.5) is 8.78 Å². The molecular formula is C20H28F2N2O. The predicted molar refractivity (Wildman–Crippen MR) is 94.3 cm³/mol. The van der Waals surface area contributed by atoms with Crippen LogP contribution in [0.15, 0.2) is 18.2 Å². The van der Waals surface area contributed by atoms with Crippen molar-refractivity contribution in [3.05, 3.63) is 35.1 Å². The van der Waals surface area contributed by atoms with E-state index in [9.17, 15) is 9.18 Å². The van der Waals surface area contributed by atoms with Gasteiger partial charge in [0.1, 0.15) is 11.5 Å². The van der Waals surface area contributed by atoms with E-state index in [4.69, 9.17) is 0 Å². The lowest BCUT2D eigenvalue weighted by molar-refractivity contribution is -0.145. The quantitative estimate of drug-likeness (QED) is 0.778. The average Bonchev–Trinajstić information content (AvgIpc) is 3.07. The van der Waals surface area contributed by atoms with E-state index in [1.165, 1.54) is 6.07 Å². The van der Waals surface area contributed by atoms with E-state index in [2.05, 4.69) is 4.90 Å². The molecule has 1 amide bonds. The van der Waals surface area contributed by atoms with Crippen molar-refractivity contribution >= 4 is 5.91 Å². The number of hydrogen-bond acceptors (Lipinski definition) is 2. The lowest BCUT2D eigenvalue weighted by atomic mass is 9.68. The highest BCUT2D eigenvalue weighted by atomic mass is 19.1. The second-order valence-electron chi connectivity index (χ2n) is 7.37. The maximum atomic E-state index is 15.1. The largest absolute Gasteiger partial charge is 0.343 e. The molecule has 138 valence electrons. The van der Waals surface area contributed by atoms with Crippen LogP contribution in [0.5, 0.6) is 0 Å². The van der Waals surface area contributed by atoms with Crippen LogP contribution in [0.2, 0.25) is 0 Å². The summed E-state index contributed by atoms with van der Waals surface area (Å²) in [5.41, 5.74) is -0.566. The maximum absolute atomic E-state index is 15.1. The maximum Gasteiger partial charge on any atom is 0.225 e. The van der Waals surface area contributed by atoms with E-state index in [0.717, 1.165) is 25.9 Å². The van der Waals surface area contributed by atoms with Gasteiger partial charge in [-0.05, 0) is 64.3 Å². The molecule has 0 bridgehead atoms. The van der Waals surface area contributed by atoms with E-state index in [-0.39, 0.29) is 30.5 Å². The molecule has 1 heterocycles. The van der Waals surface area contributed by atoms with Crippen LogP contribution in [0, 0.1) is 11.7 Å². The van der Waals surface area contributed by atoms with Gasteiger partial charge in [0.15, 0.2) is 0 Å². The second kappa shape index (κ2) is 7.40. The van der Waals surface area contributed by atoms with Gasteiger partial charge in [-0.25, -0.2) is 8.78 Å². The molecular weight excluding hydrogens is 322 g/mol. The number of carbonyl (C=O) groups is 1. The number of alkyl halides is 1. The number of amides is 1. The summed E-state index contributed by atoms with van der Waals surface area (Å²) < 4.78 is 29.5. The van der Waals surface area contributed by atoms with Crippen molar-refractivity contribution in [1.82, 2.24) is 9.80 Å². The molecule has 0 spiro atoms. The number of benzene rings is 1. The third-order valence-corrected chi connectivity index (χ3v) is 5.73. The number of hydrogen-bond donors (Lipinski definition) is 0. The van der Waals surface area contributed by atoms with Crippen molar-refractivity contribution in [2.24, 2.45) is 5.92 Å². The Morgan fingerprint density at radius 2 is 1.88 bits per heavy atom. The van der Waals surface area contributed by atoms with Gasteiger partial charge in [-0.15, -0.1) is 0 Å². The minimum Gasteiger partial charge on any atom is -0.343 e. The summed E-state index contributed by atoms with van der Waals surface area (Å²) in [6.45, 7) is 7.74. The zero-order valence-electron chi connectivity index (χ0n) is 15.2. The summed E-state index contributed by atoms with van der Waals surface area (Å²) in [6.07, 6.45) is 2.64. The number of likely N-dealkylation sites (tertiary alicyclic amines) is 1. The number of rotatable bonds is 6. The van der Waals surface area contributed by atoms with Crippen LogP contribution in [-0.2, 0) is 17.0 Å². The first-order valence-electron chi connectivity index (χ1n) is 9.45. The Balaban J connectivity index is 1.64. The molecule has 1 saturated carbocycles. The fourth-order valence-corrected chi connectivity index (χ4v) is 4.06. The highest BCUT2D eigenvalue weighted by Gasteiger charge is 2.50. The number of carbonyl (C=O) groups excluding carboxylic acids is 1. The molecule has 5 heteroatoms. The first-order chi connectivity index (χ1) is 12.0. The molecule has 0 aromatic heterocycles. The van der Waals surface area contributed by atoms with Crippen LogP contribution < -0.4 is 0 Å². The summed E-state index contributed by atoms with van der Waals surface area (Å²) in [5.74, 6) is -0.596. The Morgan fingerprint density at radius 3 is 2.44 bits per heavy atom. The van der Waals surface area contributed by atoms with E-state index >= 15 is 4.39 Å². The molecule has 1 aliphatic heterocycles. The minimum atomic E-state index is -1.57. The van der Waals surface area contributed by atoms with E-state index in [0.29, 0.717) is 30.8 Å². The monoisotopic (exact) mass is 350 g/mol. The molecule has 0 N–H and O–H groups in total. The Hall–Kier alpha value is -1.49. The molecule has 2 fully saturated rings. The Kier molecular flexibility index (Phi) is 5.42. The van der Waals surface area contributed by atoms with Crippen LogP contribution in [-0.4, -0.2) is 41.9 Å². The fourth-order valence-electron chi connectivity index (χ4n) is 4.06. The molecule has 0 unspecified atom stereocenters. The van der Waals surface area contributed by atoms with E-state index in [1.807, 2.05) is 13.8 Å². The molecule has 3 rings (SSSR count). The molecule has 2 aliphatic rings. The van der Waals surface area contributed by atoms with Crippen molar-refractivity contribution in [1.29, 1.82) is 0 Å². The number of nitrogens with zero attached hydrogens (tertiary/aromatic N) is 2. The zero-order chi connectivity index (χ0) is 18.0. The first-order valence-corrected chi connectivity index (χ1v) is 9.45. The van der Waals surface area contributed by atoms with E-state index < -0.39 is 5.67 Å². The van der Waals surface area contributed by atoms with Gasteiger partial charge >= 0.3 is 0 Å². The van der Waals surface area contributed by atoms with Crippen LogP contribution in [0.1, 0.15) is 50.7 Å². The van der Waals surface area contributed by atoms with Gasteiger partial charge in [-0.1, -0.05) is 12.1 Å². The Labute approximate surface area is 149 Å². The standard InChI is InChI=1S/C20H28F2N2O/c1-3-24(4-2)19(25)16-12-20(22,13-16)17-8-7-15(18(21)11-17)14-23-9-5-6-10-23/h7-8,11,16H,3-6,9-10,12-14H2,1-2H3. The highest BCUT2D eigenvalue weighted by Crippen LogP contribution is 2.50. The second-order valence-corrected chi connectivity index (χ2v) is 7.37. The van der Waals surface area contributed by atoms with Gasteiger partial charge in [-0.2, -0.15) is 0 Å².